The fourth-order valence-corrected chi connectivity index (χ4v) is 3.23. The van der Waals surface area contributed by atoms with Crippen molar-refractivity contribution >= 4 is 23.2 Å². The fourth-order valence-electron chi connectivity index (χ4n) is 3.23. The van der Waals surface area contributed by atoms with Crippen molar-refractivity contribution < 1.29 is 9.59 Å². The molecule has 6 nitrogen and oxygen atoms in total. The van der Waals surface area contributed by atoms with Crippen LogP contribution in [-0.4, -0.2) is 36.4 Å². The number of rotatable bonds is 6. The van der Waals surface area contributed by atoms with Crippen LogP contribution in [0.4, 0.5) is 11.4 Å². The van der Waals surface area contributed by atoms with Gasteiger partial charge in [-0.05, 0) is 61.6 Å². The van der Waals surface area contributed by atoms with Gasteiger partial charge in [-0.25, -0.2) is 4.98 Å². The minimum atomic E-state index is -0.329. The summed E-state index contributed by atoms with van der Waals surface area (Å²) in [6.45, 7) is 7.01. The Morgan fingerprint density at radius 3 is 2.32 bits per heavy atom. The molecule has 1 aliphatic rings. The van der Waals surface area contributed by atoms with Crippen molar-refractivity contribution in [2.45, 2.75) is 33.1 Å². The smallest absolute Gasteiger partial charge is 0.274 e. The largest absolute Gasteiger partial charge is 0.372 e. The first kappa shape index (κ1) is 19.9. The van der Waals surface area contributed by atoms with Gasteiger partial charge in [-0.15, -0.1) is 0 Å². The van der Waals surface area contributed by atoms with Gasteiger partial charge in [0.2, 0.25) is 0 Å². The van der Waals surface area contributed by atoms with Crippen molar-refractivity contribution in [1.82, 2.24) is 10.3 Å². The molecule has 1 aromatic carbocycles. The van der Waals surface area contributed by atoms with E-state index in [1.807, 2.05) is 31.2 Å². The molecule has 2 aromatic rings. The van der Waals surface area contributed by atoms with Crippen molar-refractivity contribution in [3.63, 3.8) is 0 Å². The molecule has 0 radical (unpaired) electrons. The van der Waals surface area contributed by atoms with Gasteiger partial charge < -0.3 is 15.5 Å². The van der Waals surface area contributed by atoms with Crippen LogP contribution in [0.15, 0.2) is 42.5 Å². The van der Waals surface area contributed by atoms with E-state index in [-0.39, 0.29) is 23.2 Å². The van der Waals surface area contributed by atoms with Crippen molar-refractivity contribution in [3.05, 3.63) is 53.9 Å². The minimum absolute atomic E-state index is 0.221. The van der Waals surface area contributed by atoms with Crippen LogP contribution in [0.25, 0.3) is 0 Å². The van der Waals surface area contributed by atoms with Gasteiger partial charge in [-0.1, -0.05) is 19.9 Å². The van der Waals surface area contributed by atoms with Crippen LogP contribution in [0.2, 0.25) is 0 Å². The monoisotopic (exact) mass is 380 g/mol. The number of carbonyl (C=O) groups is 2. The zero-order valence-corrected chi connectivity index (χ0v) is 16.6. The Kier molecular flexibility index (Phi) is 6.63. The van der Waals surface area contributed by atoms with Gasteiger partial charge >= 0.3 is 0 Å². The summed E-state index contributed by atoms with van der Waals surface area (Å²) in [4.78, 5) is 31.1. The molecule has 1 fully saturated rings. The molecule has 1 saturated heterocycles. The molecule has 1 aromatic heterocycles. The first-order chi connectivity index (χ1) is 13.6. The third-order valence-corrected chi connectivity index (χ3v) is 5.02. The molecule has 0 spiro atoms. The number of anilines is 2. The third kappa shape index (κ3) is 5.09. The van der Waals surface area contributed by atoms with Crippen LogP contribution in [0.5, 0.6) is 0 Å². The average molecular weight is 380 g/mol. The highest BCUT2D eigenvalue weighted by Gasteiger charge is 2.16. The minimum Gasteiger partial charge on any atom is -0.372 e. The molecule has 2 amide bonds. The first-order valence-electron chi connectivity index (χ1n) is 9.98. The van der Waals surface area contributed by atoms with Crippen molar-refractivity contribution in [2.24, 2.45) is 5.92 Å². The van der Waals surface area contributed by atoms with Gasteiger partial charge in [-0.2, -0.15) is 0 Å². The molecular weight excluding hydrogens is 352 g/mol. The summed E-state index contributed by atoms with van der Waals surface area (Å²) in [5, 5.41) is 5.62. The highest BCUT2D eigenvalue weighted by molar-refractivity contribution is 6.03. The molecule has 2 N–H and O–H groups in total. The van der Waals surface area contributed by atoms with Crippen LogP contribution in [0.1, 0.15) is 54.1 Å². The van der Waals surface area contributed by atoms with Gasteiger partial charge in [0.05, 0.1) is 0 Å². The second-order valence-corrected chi connectivity index (χ2v) is 7.33. The number of hydrogen-bond donors (Lipinski definition) is 2. The molecule has 3 rings (SSSR count). The van der Waals surface area contributed by atoms with Gasteiger partial charge in [0, 0.05) is 31.0 Å². The summed E-state index contributed by atoms with van der Waals surface area (Å²) in [6.07, 6.45) is 3.27. The van der Waals surface area contributed by atoms with Crippen molar-refractivity contribution in [1.29, 1.82) is 0 Å². The normalized spacial score (nSPS) is 14.6. The van der Waals surface area contributed by atoms with E-state index in [0.717, 1.165) is 25.4 Å². The number of piperidine rings is 1. The maximum atomic E-state index is 12.5. The lowest BCUT2D eigenvalue weighted by Crippen LogP contribution is -2.32. The van der Waals surface area contributed by atoms with E-state index in [1.54, 1.807) is 18.2 Å². The van der Waals surface area contributed by atoms with Crippen LogP contribution < -0.4 is 15.5 Å². The van der Waals surface area contributed by atoms with E-state index in [0.29, 0.717) is 12.2 Å². The van der Waals surface area contributed by atoms with E-state index >= 15 is 0 Å². The molecule has 6 heteroatoms. The lowest BCUT2D eigenvalue weighted by Gasteiger charge is -2.32. The number of carbonyl (C=O) groups excluding carboxylic acids is 2. The van der Waals surface area contributed by atoms with Crippen molar-refractivity contribution in [3.8, 4) is 0 Å². The SMILES string of the molecule is CCCNC(=O)c1cccc(C(=O)Nc2ccc(N3CCC(C)CC3)cc2)n1. The van der Waals surface area contributed by atoms with Crippen LogP contribution >= 0.6 is 0 Å². The Balaban J connectivity index is 1.62. The maximum Gasteiger partial charge on any atom is 0.274 e. The summed E-state index contributed by atoms with van der Waals surface area (Å²) in [5.41, 5.74) is 2.35. The molecule has 1 aliphatic heterocycles. The molecule has 0 bridgehead atoms. The molecule has 148 valence electrons. The van der Waals surface area contributed by atoms with E-state index in [4.69, 9.17) is 0 Å². The Morgan fingerprint density at radius 2 is 1.68 bits per heavy atom. The van der Waals surface area contributed by atoms with E-state index in [1.165, 1.54) is 18.5 Å². The number of pyridine rings is 1. The van der Waals surface area contributed by atoms with Crippen molar-refractivity contribution in [2.75, 3.05) is 29.9 Å². The number of nitrogens with one attached hydrogen (secondary N) is 2. The first-order valence-corrected chi connectivity index (χ1v) is 9.98. The lowest BCUT2D eigenvalue weighted by atomic mass is 9.99. The molecule has 0 saturated carbocycles. The predicted octanol–water partition coefficient (Wildman–Crippen LogP) is 3.71. The second kappa shape index (κ2) is 9.35. The number of benzene rings is 1. The van der Waals surface area contributed by atoms with E-state index in [9.17, 15) is 9.59 Å². The zero-order valence-electron chi connectivity index (χ0n) is 16.6. The number of amides is 2. The third-order valence-electron chi connectivity index (χ3n) is 5.02. The quantitative estimate of drug-likeness (QED) is 0.801. The number of hydrogen-bond acceptors (Lipinski definition) is 4. The predicted molar refractivity (Wildman–Crippen MR) is 112 cm³/mol. The zero-order chi connectivity index (χ0) is 19.9. The summed E-state index contributed by atoms with van der Waals surface area (Å²) >= 11 is 0. The summed E-state index contributed by atoms with van der Waals surface area (Å²) < 4.78 is 0. The Labute approximate surface area is 166 Å². The maximum absolute atomic E-state index is 12.5. The topological polar surface area (TPSA) is 74.3 Å². The van der Waals surface area contributed by atoms with Gasteiger partial charge in [0.1, 0.15) is 11.4 Å². The molecule has 2 heterocycles. The Morgan fingerprint density at radius 1 is 1.04 bits per heavy atom. The van der Waals surface area contributed by atoms with Crippen LogP contribution in [0.3, 0.4) is 0 Å². The summed E-state index contributed by atoms with van der Waals surface area (Å²) in [6, 6.07) is 12.8. The second-order valence-electron chi connectivity index (χ2n) is 7.33. The standard InChI is InChI=1S/C22H28N4O2/c1-3-13-23-21(27)19-5-4-6-20(25-19)22(28)24-17-7-9-18(10-8-17)26-14-11-16(2)12-15-26/h4-10,16H,3,11-15H2,1-2H3,(H,23,27)(H,24,28). The average Bonchev–Trinajstić information content (AvgIpc) is 2.73. The van der Waals surface area contributed by atoms with E-state index < -0.39 is 0 Å². The molecule has 28 heavy (non-hydrogen) atoms. The van der Waals surface area contributed by atoms with Gasteiger partial charge in [-0.3, -0.25) is 9.59 Å². The highest BCUT2D eigenvalue weighted by atomic mass is 16.2. The summed E-state index contributed by atoms with van der Waals surface area (Å²) in [5.74, 6) is 0.198. The van der Waals surface area contributed by atoms with Gasteiger partial charge in [0.15, 0.2) is 0 Å². The van der Waals surface area contributed by atoms with Gasteiger partial charge in [0.25, 0.3) is 11.8 Å². The molecule has 0 atom stereocenters. The fraction of sp³-hybridized carbons (Fsp3) is 0.409. The molecular formula is C22H28N4O2. The Hall–Kier alpha value is -2.89. The number of nitrogens with zero attached hydrogens (tertiary/aromatic N) is 2. The lowest BCUT2D eigenvalue weighted by molar-refractivity contribution is 0.0948. The van der Waals surface area contributed by atoms with Crippen LogP contribution in [0, 0.1) is 5.92 Å². The van der Waals surface area contributed by atoms with E-state index in [2.05, 4.69) is 27.4 Å². The molecule has 0 aliphatic carbocycles. The van der Waals surface area contributed by atoms with Crippen LogP contribution in [-0.2, 0) is 0 Å². The molecule has 0 unspecified atom stereocenters. The highest BCUT2D eigenvalue weighted by Crippen LogP contribution is 2.24. The summed E-state index contributed by atoms with van der Waals surface area (Å²) in [7, 11) is 0. The number of aromatic nitrogens is 1. The Bertz CT molecular complexity index is 812.